The van der Waals surface area contributed by atoms with E-state index in [4.69, 9.17) is 0 Å². The molecular formula is C27H25F4N5O2. The predicted octanol–water partition coefficient (Wildman–Crippen LogP) is 5.47. The zero-order valence-electron chi connectivity index (χ0n) is 20.5. The van der Waals surface area contributed by atoms with E-state index in [1.165, 1.54) is 6.07 Å². The number of ether oxygens (including phenoxy) is 1. The van der Waals surface area contributed by atoms with Crippen LogP contribution in [0, 0.1) is 5.82 Å². The van der Waals surface area contributed by atoms with E-state index in [1.54, 1.807) is 30.3 Å². The lowest BCUT2D eigenvalue weighted by atomic mass is 9.89. The summed E-state index contributed by atoms with van der Waals surface area (Å²) in [6, 6.07) is 9.60. The highest BCUT2D eigenvalue weighted by molar-refractivity contribution is 6.01. The first-order valence-electron chi connectivity index (χ1n) is 12.5. The van der Waals surface area contributed by atoms with Crippen LogP contribution in [0.5, 0.6) is 5.75 Å². The van der Waals surface area contributed by atoms with Crippen LogP contribution < -0.4 is 15.4 Å². The number of piperidine rings is 1. The number of hydrogen-bond acceptors (Lipinski definition) is 6. The maximum Gasteiger partial charge on any atom is 0.573 e. The lowest BCUT2D eigenvalue weighted by molar-refractivity contribution is -0.274. The van der Waals surface area contributed by atoms with Crippen molar-refractivity contribution in [2.45, 2.75) is 43.5 Å². The molecule has 7 nitrogen and oxygen atoms in total. The van der Waals surface area contributed by atoms with Gasteiger partial charge in [0.1, 0.15) is 5.69 Å². The highest BCUT2D eigenvalue weighted by Gasteiger charge is 2.52. The summed E-state index contributed by atoms with van der Waals surface area (Å²) in [5.74, 6) is -1.29. The molecule has 0 radical (unpaired) electrons. The van der Waals surface area contributed by atoms with Gasteiger partial charge in [0.25, 0.3) is 5.91 Å². The summed E-state index contributed by atoms with van der Waals surface area (Å²) in [6.07, 6.45) is -0.477. The molecule has 11 heteroatoms. The van der Waals surface area contributed by atoms with Crippen LogP contribution in [-0.2, 0) is 5.54 Å². The molecule has 2 aliphatic heterocycles. The Bertz CT molecular complexity index is 1420. The van der Waals surface area contributed by atoms with Gasteiger partial charge in [0, 0.05) is 11.1 Å². The molecule has 1 aliphatic carbocycles. The molecule has 3 aliphatic rings. The molecular weight excluding hydrogens is 502 g/mol. The minimum atomic E-state index is -4.90. The van der Waals surface area contributed by atoms with E-state index in [-0.39, 0.29) is 34.7 Å². The fraction of sp³-hybridized carbons (Fsp3) is 0.370. The van der Waals surface area contributed by atoms with Crippen molar-refractivity contribution in [1.82, 2.24) is 20.2 Å². The fourth-order valence-corrected chi connectivity index (χ4v) is 5.37. The Kier molecular flexibility index (Phi) is 5.78. The SMILES string of the molecule is CN1CCC(c2ccc(OC(F)(F)F)c(Nc3ncc(F)c(-c4ccc5c(c4)C(=O)NC54CC4)n3)c2)CC1. The van der Waals surface area contributed by atoms with Crippen molar-refractivity contribution < 1.29 is 27.1 Å². The van der Waals surface area contributed by atoms with Crippen molar-refractivity contribution in [1.29, 1.82) is 0 Å². The highest BCUT2D eigenvalue weighted by atomic mass is 19.4. The minimum absolute atomic E-state index is 0.0281. The topological polar surface area (TPSA) is 79.4 Å². The Morgan fingerprint density at radius 3 is 2.61 bits per heavy atom. The van der Waals surface area contributed by atoms with Gasteiger partial charge in [-0.1, -0.05) is 18.2 Å². The zero-order chi connectivity index (χ0) is 26.7. The number of likely N-dealkylation sites (tertiary alicyclic amines) is 1. The molecule has 2 N–H and O–H groups in total. The van der Waals surface area contributed by atoms with E-state index in [1.807, 2.05) is 7.05 Å². The van der Waals surface area contributed by atoms with Crippen molar-refractivity contribution in [2.24, 2.45) is 0 Å². The van der Waals surface area contributed by atoms with Crippen molar-refractivity contribution in [2.75, 3.05) is 25.5 Å². The van der Waals surface area contributed by atoms with Gasteiger partial charge in [0.2, 0.25) is 5.95 Å². The third-order valence-corrected chi connectivity index (χ3v) is 7.57. The van der Waals surface area contributed by atoms with Crippen LogP contribution in [0.15, 0.2) is 42.6 Å². The fourth-order valence-electron chi connectivity index (χ4n) is 5.37. The Hall–Kier alpha value is -3.73. The number of carbonyl (C=O) groups excluding carboxylic acids is 1. The molecule has 1 aromatic heterocycles. The maximum absolute atomic E-state index is 14.8. The molecule has 3 aromatic rings. The van der Waals surface area contributed by atoms with Crippen molar-refractivity contribution >= 4 is 17.5 Å². The molecule has 2 fully saturated rings. The molecule has 3 heterocycles. The number of benzene rings is 2. The smallest absolute Gasteiger partial charge is 0.404 e. The third kappa shape index (κ3) is 4.66. The van der Waals surface area contributed by atoms with Gasteiger partial charge in [0.05, 0.1) is 17.4 Å². The van der Waals surface area contributed by atoms with Gasteiger partial charge in [-0.05, 0) is 81.1 Å². The number of amides is 1. The van der Waals surface area contributed by atoms with Gasteiger partial charge < -0.3 is 20.3 Å². The Morgan fingerprint density at radius 1 is 1.13 bits per heavy atom. The molecule has 6 rings (SSSR count). The number of hydrogen-bond donors (Lipinski definition) is 2. The number of aromatic nitrogens is 2. The minimum Gasteiger partial charge on any atom is -0.404 e. The van der Waals surface area contributed by atoms with Crippen LogP contribution >= 0.6 is 0 Å². The van der Waals surface area contributed by atoms with E-state index < -0.39 is 17.9 Å². The Morgan fingerprint density at radius 2 is 1.89 bits per heavy atom. The molecule has 38 heavy (non-hydrogen) atoms. The predicted molar refractivity (Wildman–Crippen MR) is 132 cm³/mol. The van der Waals surface area contributed by atoms with Crippen LogP contribution in [0.4, 0.5) is 29.2 Å². The lowest BCUT2D eigenvalue weighted by Gasteiger charge is -2.29. The van der Waals surface area contributed by atoms with Crippen LogP contribution in [-0.4, -0.2) is 47.3 Å². The summed E-state index contributed by atoms with van der Waals surface area (Å²) >= 11 is 0. The second kappa shape index (κ2) is 8.93. The van der Waals surface area contributed by atoms with Gasteiger partial charge in [-0.3, -0.25) is 4.79 Å². The van der Waals surface area contributed by atoms with E-state index in [0.717, 1.165) is 56.1 Å². The van der Waals surface area contributed by atoms with Gasteiger partial charge in [-0.2, -0.15) is 0 Å². The first kappa shape index (κ1) is 24.6. The second-order valence-corrected chi connectivity index (χ2v) is 10.2. The number of anilines is 2. The third-order valence-electron chi connectivity index (χ3n) is 7.57. The maximum atomic E-state index is 14.8. The van der Waals surface area contributed by atoms with Gasteiger partial charge in [-0.25, -0.2) is 14.4 Å². The second-order valence-electron chi connectivity index (χ2n) is 10.2. The van der Waals surface area contributed by atoms with Crippen LogP contribution in [0.25, 0.3) is 11.3 Å². The standard InChI is InChI=1S/C27H25F4N5O2/c1-36-10-6-15(7-11-36)16-3-5-22(38-27(29,30)31)21(13-16)33-25-32-14-20(28)23(34-25)17-2-4-19-18(12-17)24(37)35-26(19)8-9-26/h2-5,12-15H,6-11H2,1H3,(H,35,37)(H,32,33,34). The molecule has 198 valence electrons. The van der Waals surface area contributed by atoms with Gasteiger partial charge in [0.15, 0.2) is 11.6 Å². The lowest BCUT2D eigenvalue weighted by Crippen LogP contribution is -2.29. The van der Waals surface area contributed by atoms with Crippen LogP contribution in [0.2, 0.25) is 0 Å². The summed E-state index contributed by atoms with van der Waals surface area (Å²) < 4.78 is 58.4. The number of halogens is 4. The number of alkyl halides is 3. The van der Waals surface area contributed by atoms with Gasteiger partial charge >= 0.3 is 6.36 Å². The number of nitrogens with zero attached hydrogens (tertiary/aromatic N) is 3. The molecule has 0 unspecified atom stereocenters. The summed E-state index contributed by atoms with van der Waals surface area (Å²) in [7, 11) is 2.03. The quantitative estimate of drug-likeness (QED) is 0.429. The molecule has 1 saturated carbocycles. The number of nitrogens with one attached hydrogen (secondary N) is 2. The molecule has 1 amide bonds. The molecule has 1 saturated heterocycles. The van der Waals surface area contributed by atoms with E-state index in [9.17, 15) is 22.4 Å². The first-order chi connectivity index (χ1) is 18.1. The summed E-state index contributed by atoms with van der Waals surface area (Å²) in [6.45, 7) is 1.77. The number of carbonyl (C=O) groups is 1. The summed E-state index contributed by atoms with van der Waals surface area (Å²) in [4.78, 5) is 22.9. The van der Waals surface area contributed by atoms with E-state index in [2.05, 4.69) is 30.2 Å². The number of rotatable bonds is 5. The summed E-state index contributed by atoms with van der Waals surface area (Å²) in [5.41, 5.74) is 2.25. The zero-order valence-corrected chi connectivity index (χ0v) is 20.5. The van der Waals surface area contributed by atoms with Crippen LogP contribution in [0.3, 0.4) is 0 Å². The molecule has 1 spiro atoms. The average Bonchev–Trinajstić information content (AvgIpc) is 3.60. The summed E-state index contributed by atoms with van der Waals surface area (Å²) in [5, 5.41) is 5.78. The average molecular weight is 528 g/mol. The van der Waals surface area contributed by atoms with E-state index >= 15 is 0 Å². The molecule has 0 atom stereocenters. The highest BCUT2D eigenvalue weighted by Crippen LogP contribution is 2.50. The van der Waals surface area contributed by atoms with Crippen molar-refractivity contribution in [3.8, 4) is 17.0 Å². The van der Waals surface area contributed by atoms with Crippen LogP contribution in [0.1, 0.15) is 53.1 Å². The molecule has 0 bridgehead atoms. The largest absolute Gasteiger partial charge is 0.573 e. The number of fused-ring (bicyclic) bond motifs is 2. The van der Waals surface area contributed by atoms with Gasteiger partial charge in [-0.15, -0.1) is 13.2 Å². The van der Waals surface area contributed by atoms with E-state index in [0.29, 0.717) is 11.1 Å². The van der Waals surface area contributed by atoms with Crippen molar-refractivity contribution in [3.05, 3.63) is 65.1 Å². The van der Waals surface area contributed by atoms with Crippen molar-refractivity contribution in [3.63, 3.8) is 0 Å². The molecule has 2 aromatic carbocycles. The monoisotopic (exact) mass is 527 g/mol. The first-order valence-corrected chi connectivity index (χ1v) is 12.5. The Balaban J connectivity index is 1.33. The Labute approximate surface area is 216 Å². The normalized spacial score (nSPS) is 18.8.